The molecule has 0 radical (unpaired) electrons. The van der Waals surface area contributed by atoms with E-state index in [1.54, 1.807) is 30.3 Å². The normalized spacial score (nSPS) is 20.4. The lowest BCUT2D eigenvalue weighted by molar-refractivity contribution is 0.0697. The number of allylic oxidation sites excluding steroid dienone is 2. The summed E-state index contributed by atoms with van der Waals surface area (Å²) in [5, 5.41) is 12.4. The van der Waals surface area contributed by atoms with Gasteiger partial charge in [-0.2, -0.15) is 0 Å². The van der Waals surface area contributed by atoms with E-state index in [9.17, 15) is 9.70 Å². The molecule has 1 aromatic carbocycles. The van der Waals surface area contributed by atoms with E-state index in [0.29, 0.717) is 0 Å². The summed E-state index contributed by atoms with van der Waals surface area (Å²) >= 11 is 0. The SMILES string of the molecule is CC1=C(C(C=Cc2ccc(C(=O)O)cc2)N=O)C=CC(C)(C)CCC(C)(C)CC1. The Balaban J connectivity index is 2.33. The predicted molar refractivity (Wildman–Crippen MR) is 120 cm³/mol. The Bertz CT molecular complexity index is 826. The maximum atomic E-state index is 11.7. The minimum Gasteiger partial charge on any atom is -0.478 e. The van der Waals surface area contributed by atoms with Crippen LogP contribution < -0.4 is 0 Å². The molecule has 0 aliphatic heterocycles. The van der Waals surface area contributed by atoms with Crippen LogP contribution in [0.1, 0.15) is 76.2 Å². The molecule has 0 saturated carbocycles. The number of hydrogen-bond donors (Lipinski definition) is 1. The third-order valence-corrected chi connectivity index (χ3v) is 5.89. The predicted octanol–water partition coefficient (Wildman–Crippen LogP) is 7.03. The quantitative estimate of drug-likeness (QED) is 0.544. The first-order valence-corrected chi connectivity index (χ1v) is 10.3. The summed E-state index contributed by atoms with van der Waals surface area (Å²) in [5.41, 5.74) is 3.56. The first-order chi connectivity index (χ1) is 13.5. The van der Waals surface area contributed by atoms with Crippen LogP contribution in [-0.2, 0) is 0 Å². The van der Waals surface area contributed by atoms with Crippen LogP contribution in [-0.4, -0.2) is 17.1 Å². The highest BCUT2D eigenvalue weighted by atomic mass is 16.4. The van der Waals surface area contributed by atoms with Crippen LogP contribution in [0.5, 0.6) is 0 Å². The van der Waals surface area contributed by atoms with Gasteiger partial charge in [0.2, 0.25) is 0 Å². The molecule has 4 nitrogen and oxygen atoms in total. The molecule has 1 unspecified atom stereocenters. The number of rotatable bonds is 5. The summed E-state index contributed by atoms with van der Waals surface area (Å²) in [5.74, 6) is -0.953. The number of carbonyl (C=O) groups is 1. The molecule has 2 rings (SSSR count). The van der Waals surface area contributed by atoms with Crippen molar-refractivity contribution in [2.45, 2.75) is 66.3 Å². The Hall–Kier alpha value is -2.49. The van der Waals surface area contributed by atoms with Gasteiger partial charge in [-0.15, -0.1) is 4.91 Å². The smallest absolute Gasteiger partial charge is 0.335 e. The molecule has 0 amide bonds. The molecule has 0 fully saturated rings. The van der Waals surface area contributed by atoms with Gasteiger partial charge in [0.05, 0.1) is 5.56 Å². The number of carboxylic acids is 1. The van der Waals surface area contributed by atoms with Crippen molar-refractivity contribution in [2.75, 3.05) is 0 Å². The van der Waals surface area contributed by atoms with E-state index >= 15 is 0 Å². The summed E-state index contributed by atoms with van der Waals surface area (Å²) in [6.07, 6.45) is 12.2. The van der Waals surface area contributed by atoms with Gasteiger partial charge in [0.1, 0.15) is 6.04 Å². The molecule has 1 aromatic rings. The third-order valence-electron chi connectivity index (χ3n) is 5.89. The van der Waals surface area contributed by atoms with Crippen LogP contribution in [0.2, 0.25) is 0 Å². The van der Waals surface area contributed by atoms with Crippen LogP contribution in [0.4, 0.5) is 0 Å². The highest BCUT2D eigenvalue weighted by Gasteiger charge is 2.25. The summed E-state index contributed by atoms with van der Waals surface area (Å²) in [6.45, 7) is 11.2. The van der Waals surface area contributed by atoms with Gasteiger partial charge in [-0.3, -0.25) is 0 Å². The fraction of sp³-hybridized carbons (Fsp3) is 0.480. The van der Waals surface area contributed by atoms with Crippen molar-refractivity contribution < 1.29 is 9.90 Å². The number of carboxylic acid groups (broad SMARTS) is 1. The second-order valence-corrected chi connectivity index (χ2v) is 9.56. The Morgan fingerprint density at radius 1 is 1.10 bits per heavy atom. The van der Waals surface area contributed by atoms with Crippen molar-refractivity contribution in [3.63, 3.8) is 0 Å². The van der Waals surface area contributed by atoms with Crippen molar-refractivity contribution in [2.24, 2.45) is 16.0 Å². The molecule has 0 spiro atoms. The first-order valence-electron chi connectivity index (χ1n) is 10.3. The summed E-state index contributed by atoms with van der Waals surface area (Å²) in [4.78, 5) is 22.7. The topological polar surface area (TPSA) is 66.7 Å². The molecule has 0 saturated heterocycles. The first kappa shape index (κ1) is 22.8. The fourth-order valence-electron chi connectivity index (χ4n) is 3.48. The highest BCUT2D eigenvalue weighted by molar-refractivity contribution is 5.87. The van der Waals surface area contributed by atoms with Crippen LogP contribution in [0.3, 0.4) is 0 Å². The monoisotopic (exact) mass is 395 g/mol. The number of aromatic carboxylic acids is 1. The lowest BCUT2D eigenvalue weighted by Crippen LogP contribution is -2.19. The van der Waals surface area contributed by atoms with Crippen molar-refractivity contribution in [3.05, 3.63) is 69.7 Å². The van der Waals surface area contributed by atoms with Crippen molar-refractivity contribution in [1.82, 2.24) is 0 Å². The zero-order chi connectivity index (χ0) is 21.7. The molecule has 4 heteroatoms. The molecule has 1 N–H and O–H groups in total. The van der Waals surface area contributed by atoms with E-state index in [1.165, 1.54) is 12.0 Å². The third kappa shape index (κ3) is 6.81. The second-order valence-electron chi connectivity index (χ2n) is 9.56. The molecule has 29 heavy (non-hydrogen) atoms. The second kappa shape index (κ2) is 9.34. The number of hydrogen-bond acceptors (Lipinski definition) is 3. The van der Waals surface area contributed by atoms with E-state index in [0.717, 1.165) is 30.4 Å². The summed E-state index contributed by atoms with van der Waals surface area (Å²) in [7, 11) is 0. The zero-order valence-electron chi connectivity index (χ0n) is 18.2. The number of benzene rings is 1. The summed E-state index contributed by atoms with van der Waals surface area (Å²) in [6, 6.07) is 6.02. The maximum Gasteiger partial charge on any atom is 0.335 e. The average Bonchev–Trinajstić information content (AvgIpc) is 2.67. The fourth-order valence-corrected chi connectivity index (χ4v) is 3.48. The van der Waals surface area contributed by atoms with Gasteiger partial charge in [-0.05, 0) is 66.7 Å². The van der Waals surface area contributed by atoms with Gasteiger partial charge >= 0.3 is 5.97 Å². The van der Waals surface area contributed by atoms with Crippen molar-refractivity contribution in [1.29, 1.82) is 0 Å². The van der Waals surface area contributed by atoms with E-state index in [-0.39, 0.29) is 16.4 Å². The van der Waals surface area contributed by atoms with Crippen LogP contribution >= 0.6 is 0 Å². The van der Waals surface area contributed by atoms with Gasteiger partial charge < -0.3 is 5.11 Å². The van der Waals surface area contributed by atoms with Crippen LogP contribution in [0.25, 0.3) is 6.08 Å². The maximum absolute atomic E-state index is 11.7. The van der Waals surface area contributed by atoms with Crippen LogP contribution in [0.15, 0.2) is 58.8 Å². The Morgan fingerprint density at radius 2 is 1.76 bits per heavy atom. The lowest BCUT2D eigenvalue weighted by atomic mass is 9.74. The molecule has 0 aromatic heterocycles. The largest absolute Gasteiger partial charge is 0.478 e. The summed E-state index contributed by atoms with van der Waals surface area (Å²) < 4.78 is 0. The molecule has 1 aliphatic carbocycles. The number of nitroso groups, excluding NO2 is 1. The molecule has 156 valence electrons. The molecular formula is C25H33NO3. The molecule has 0 heterocycles. The Labute approximate surface area is 174 Å². The Morgan fingerprint density at radius 3 is 2.34 bits per heavy atom. The average molecular weight is 396 g/mol. The number of nitrogens with zero attached hydrogens (tertiary/aromatic N) is 1. The van der Waals surface area contributed by atoms with E-state index < -0.39 is 12.0 Å². The van der Waals surface area contributed by atoms with Gasteiger partial charge in [0.25, 0.3) is 0 Å². The van der Waals surface area contributed by atoms with Gasteiger partial charge in [0, 0.05) is 0 Å². The van der Waals surface area contributed by atoms with Gasteiger partial charge in [0.15, 0.2) is 0 Å². The van der Waals surface area contributed by atoms with Gasteiger partial charge in [-0.1, -0.05) is 74.9 Å². The van der Waals surface area contributed by atoms with Gasteiger partial charge in [-0.25, -0.2) is 4.79 Å². The zero-order valence-corrected chi connectivity index (χ0v) is 18.2. The standard InChI is InChI=1S/C25H33NO3/c1-18-12-14-24(2,3)16-17-25(4,5)15-13-21(18)22(26-29)11-8-19-6-9-20(10-7-19)23(27)28/h6-11,13,15,22H,12,14,16-17H2,1-5H3,(H,27,28). The molecule has 1 atom stereocenters. The highest BCUT2D eigenvalue weighted by Crippen LogP contribution is 2.38. The Kier molecular flexibility index (Phi) is 7.34. The van der Waals surface area contributed by atoms with E-state index in [2.05, 4.69) is 51.9 Å². The van der Waals surface area contributed by atoms with Crippen LogP contribution in [0, 0.1) is 15.7 Å². The molecule has 0 bridgehead atoms. The minimum absolute atomic E-state index is 0.0595. The minimum atomic E-state index is -0.953. The van der Waals surface area contributed by atoms with Crippen molar-refractivity contribution >= 4 is 12.0 Å². The lowest BCUT2D eigenvalue weighted by Gasteiger charge is -2.31. The van der Waals surface area contributed by atoms with Crippen molar-refractivity contribution in [3.8, 4) is 0 Å². The van der Waals surface area contributed by atoms with E-state index in [4.69, 9.17) is 5.11 Å². The molecular weight excluding hydrogens is 362 g/mol. The molecule has 1 aliphatic rings. The van der Waals surface area contributed by atoms with E-state index in [1.807, 2.05) is 6.08 Å².